The van der Waals surface area contributed by atoms with Gasteiger partial charge in [0.2, 0.25) is 15.9 Å². The van der Waals surface area contributed by atoms with E-state index in [0.29, 0.717) is 19.5 Å². The lowest BCUT2D eigenvalue weighted by Gasteiger charge is -2.21. The molecule has 0 radical (unpaired) electrons. The Hall–Kier alpha value is -1.41. The van der Waals surface area contributed by atoms with Gasteiger partial charge in [-0.15, -0.1) is 0 Å². The average molecular weight is 328 g/mol. The van der Waals surface area contributed by atoms with Gasteiger partial charge in [0.1, 0.15) is 6.04 Å². The van der Waals surface area contributed by atoms with Crippen molar-refractivity contribution in [2.45, 2.75) is 45.6 Å². The Morgan fingerprint density at radius 1 is 1.45 bits per heavy atom. The summed E-state index contributed by atoms with van der Waals surface area (Å²) >= 11 is 0. The largest absolute Gasteiger partial charge is 0.355 e. The first-order valence-electron chi connectivity index (χ1n) is 7.55. The van der Waals surface area contributed by atoms with Crippen molar-refractivity contribution in [3.05, 3.63) is 17.0 Å². The standard InChI is InChI=1S/C14H24N4O3S/c1-10-12(11(2)17-16-10)6-4-8-15-14(19)13-7-5-9-18(13)22(3,20)21/h13H,4-9H2,1-3H3,(H,15,19)(H,16,17)/t13-/m0/s1. The zero-order chi connectivity index (χ0) is 16.3. The van der Waals surface area contributed by atoms with Crippen molar-refractivity contribution in [3.8, 4) is 0 Å². The maximum Gasteiger partial charge on any atom is 0.238 e. The van der Waals surface area contributed by atoms with Crippen LogP contribution in [0.1, 0.15) is 36.2 Å². The lowest BCUT2D eigenvalue weighted by Crippen LogP contribution is -2.45. The summed E-state index contributed by atoms with van der Waals surface area (Å²) in [4.78, 5) is 12.2. The quantitative estimate of drug-likeness (QED) is 0.743. The first-order valence-corrected chi connectivity index (χ1v) is 9.40. The van der Waals surface area contributed by atoms with Crippen molar-refractivity contribution < 1.29 is 13.2 Å². The smallest absolute Gasteiger partial charge is 0.238 e. The number of aryl methyl sites for hydroxylation is 2. The van der Waals surface area contributed by atoms with Crippen LogP contribution in [0.3, 0.4) is 0 Å². The number of carbonyl (C=O) groups is 1. The fraction of sp³-hybridized carbons (Fsp3) is 0.714. The number of amides is 1. The molecule has 0 bridgehead atoms. The van der Waals surface area contributed by atoms with E-state index in [1.54, 1.807) is 0 Å². The summed E-state index contributed by atoms with van der Waals surface area (Å²) in [7, 11) is -3.31. The van der Waals surface area contributed by atoms with Gasteiger partial charge in [-0.05, 0) is 45.1 Å². The van der Waals surface area contributed by atoms with Gasteiger partial charge >= 0.3 is 0 Å². The SMILES string of the molecule is Cc1n[nH]c(C)c1CCCNC(=O)[C@@H]1CCCN1S(C)(=O)=O. The second kappa shape index (κ2) is 6.78. The third kappa shape index (κ3) is 3.86. The first-order chi connectivity index (χ1) is 10.3. The molecule has 0 spiro atoms. The summed E-state index contributed by atoms with van der Waals surface area (Å²) in [5.74, 6) is -0.191. The van der Waals surface area contributed by atoms with Gasteiger partial charge in [0.15, 0.2) is 0 Å². The van der Waals surface area contributed by atoms with Crippen LogP contribution in [-0.2, 0) is 21.2 Å². The third-order valence-electron chi connectivity index (χ3n) is 4.12. The van der Waals surface area contributed by atoms with E-state index in [2.05, 4.69) is 15.5 Å². The summed E-state index contributed by atoms with van der Waals surface area (Å²) in [5.41, 5.74) is 3.23. The van der Waals surface area contributed by atoms with Gasteiger partial charge in [0, 0.05) is 18.8 Å². The topological polar surface area (TPSA) is 95.2 Å². The molecule has 1 saturated heterocycles. The monoisotopic (exact) mass is 328 g/mol. The predicted octanol–water partition coefficient (Wildman–Crippen LogP) is 0.499. The molecule has 0 aromatic carbocycles. The molecule has 8 heteroatoms. The summed E-state index contributed by atoms with van der Waals surface area (Å²) in [6, 6.07) is -0.549. The highest BCUT2D eigenvalue weighted by molar-refractivity contribution is 7.88. The molecule has 2 N–H and O–H groups in total. The van der Waals surface area contributed by atoms with Gasteiger partial charge in [0.25, 0.3) is 0 Å². The lowest BCUT2D eigenvalue weighted by molar-refractivity contribution is -0.124. The molecule has 1 aliphatic heterocycles. The number of nitrogens with zero attached hydrogens (tertiary/aromatic N) is 2. The van der Waals surface area contributed by atoms with Crippen LogP contribution < -0.4 is 5.32 Å². The van der Waals surface area contributed by atoms with Gasteiger partial charge in [0.05, 0.1) is 11.9 Å². The van der Waals surface area contributed by atoms with Crippen LogP contribution in [0.2, 0.25) is 0 Å². The van der Waals surface area contributed by atoms with Crippen molar-refractivity contribution in [2.75, 3.05) is 19.3 Å². The van der Waals surface area contributed by atoms with Gasteiger partial charge < -0.3 is 5.32 Å². The molecule has 22 heavy (non-hydrogen) atoms. The van der Waals surface area contributed by atoms with E-state index in [1.807, 2.05) is 13.8 Å². The zero-order valence-electron chi connectivity index (χ0n) is 13.3. The van der Waals surface area contributed by atoms with Crippen LogP contribution in [0, 0.1) is 13.8 Å². The Kier molecular flexibility index (Phi) is 5.23. The normalized spacial score (nSPS) is 19.5. The van der Waals surface area contributed by atoms with Crippen molar-refractivity contribution >= 4 is 15.9 Å². The second-order valence-electron chi connectivity index (χ2n) is 5.84. The zero-order valence-corrected chi connectivity index (χ0v) is 14.2. The van der Waals surface area contributed by atoms with E-state index >= 15 is 0 Å². The maximum absolute atomic E-state index is 12.2. The second-order valence-corrected chi connectivity index (χ2v) is 7.77. The van der Waals surface area contributed by atoms with Gasteiger partial charge in [-0.3, -0.25) is 9.89 Å². The molecule has 7 nitrogen and oxygen atoms in total. The Morgan fingerprint density at radius 3 is 2.77 bits per heavy atom. The lowest BCUT2D eigenvalue weighted by atomic mass is 10.1. The van der Waals surface area contributed by atoms with E-state index in [1.165, 1.54) is 9.87 Å². The van der Waals surface area contributed by atoms with E-state index in [0.717, 1.165) is 36.9 Å². The summed E-state index contributed by atoms with van der Waals surface area (Å²) in [5, 5.41) is 9.94. The van der Waals surface area contributed by atoms with Crippen LogP contribution >= 0.6 is 0 Å². The average Bonchev–Trinajstić information content (AvgIpc) is 3.03. The van der Waals surface area contributed by atoms with Crippen LogP contribution in [0.4, 0.5) is 0 Å². The highest BCUT2D eigenvalue weighted by atomic mass is 32.2. The molecule has 2 heterocycles. The number of aromatic nitrogens is 2. The van der Waals surface area contributed by atoms with E-state index in [4.69, 9.17) is 0 Å². The molecular formula is C14H24N4O3S. The molecule has 1 aliphatic rings. The molecule has 2 rings (SSSR count). The number of hydrogen-bond acceptors (Lipinski definition) is 4. The van der Waals surface area contributed by atoms with Crippen molar-refractivity contribution in [3.63, 3.8) is 0 Å². The Morgan fingerprint density at radius 2 is 2.18 bits per heavy atom. The highest BCUT2D eigenvalue weighted by Crippen LogP contribution is 2.20. The van der Waals surface area contributed by atoms with Crippen LogP contribution in [-0.4, -0.2) is 54.2 Å². The fourth-order valence-electron chi connectivity index (χ4n) is 2.94. The molecule has 124 valence electrons. The molecule has 1 fully saturated rings. The fourth-order valence-corrected chi connectivity index (χ4v) is 4.06. The van der Waals surface area contributed by atoms with Crippen LogP contribution in [0.25, 0.3) is 0 Å². The number of rotatable bonds is 6. The molecule has 0 unspecified atom stereocenters. The van der Waals surface area contributed by atoms with Crippen LogP contribution in [0.5, 0.6) is 0 Å². The minimum Gasteiger partial charge on any atom is -0.355 e. The number of aromatic amines is 1. The minimum absolute atomic E-state index is 0.191. The van der Waals surface area contributed by atoms with Crippen molar-refractivity contribution in [1.82, 2.24) is 19.8 Å². The molecule has 0 aliphatic carbocycles. The number of H-pyrrole nitrogens is 1. The molecule has 1 atom stereocenters. The Labute approximate surface area is 131 Å². The van der Waals surface area contributed by atoms with E-state index in [9.17, 15) is 13.2 Å². The van der Waals surface area contributed by atoms with Crippen molar-refractivity contribution in [1.29, 1.82) is 0 Å². The van der Waals surface area contributed by atoms with E-state index < -0.39 is 16.1 Å². The highest BCUT2D eigenvalue weighted by Gasteiger charge is 2.36. The minimum atomic E-state index is -3.31. The summed E-state index contributed by atoms with van der Waals surface area (Å²) in [6.07, 6.45) is 4.13. The van der Waals surface area contributed by atoms with Crippen molar-refractivity contribution in [2.24, 2.45) is 0 Å². The van der Waals surface area contributed by atoms with Gasteiger partial charge in [-0.25, -0.2) is 8.42 Å². The number of carbonyl (C=O) groups excluding carboxylic acids is 1. The first kappa shape index (κ1) is 17.0. The Bertz CT molecular complexity index is 619. The molecule has 1 aromatic rings. The number of hydrogen-bond donors (Lipinski definition) is 2. The van der Waals surface area contributed by atoms with Gasteiger partial charge in [-0.1, -0.05) is 0 Å². The number of nitrogens with one attached hydrogen (secondary N) is 2. The predicted molar refractivity (Wildman–Crippen MR) is 84.0 cm³/mol. The molecule has 0 saturated carbocycles. The molecule has 1 amide bonds. The molecule has 1 aromatic heterocycles. The van der Waals surface area contributed by atoms with Gasteiger partial charge in [-0.2, -0.15) is 9.40 Å². The Balaban J connectivity index is 1.81. The number of sulfonamides is 1. The third-order valence-corrected chi connectivity index (χ3v) is 5.40. The van der Waals surface area contributed by atoms with E-state index in [-0.39, 0.29) is 5.91 Å². The van der Waals surface area contributed by atoms with Crippen LogP contribution in [0.15, 0.2) is 0 Å². The summed E-state index contributed by atoms with van der Waals surface area (Å²) in [6.45, 7) is 4.91. The molecular weight excluding hydrogens is 304 g/mol. The summed E-state index contributed by atoms with van der Waals surface area (Å²) < 4.78 is 24.6. The maximum atomic E-state index is 12.2.